The van der Waals surface area contributed by atoms with E-state index in [-0.39, 0.29) is 0 Å². The van der Waals surface area contributed by atoms with Crippen LogP contribution in [0.2, 0.25) is 0 Å². The first-order chi connectivity index (χ1) is 6.68. The average molecular weight is 251 g/mol. The van der Waals surface area contributed by atoms with Gasteiger partial charge in [0.15, 0.2) is 0 Å². The van der Waals surface area contributed by atoms with Crippen LogP contribution in [0.25, 0.3) is 10.8 Å². The summed E-state index contributed by atoms with van der Waals surface area (Å²) in [6.07, 6.45) is 0. The molecule has 3 heteroatoms. The summed E-state index contributed by atoms with van der Waals surface area (Å²) >= 11 is 3.39. The van der Waals surface area contributed by atoms with E-state index in [9.17, 15) is 4.79 Å². The van der Waals surface area contributed by atoms with Crippen LogP contribution in [0.4, 0.5) is 0 Å². The van der Waals surface area contributed by atoms with E-state index in [0.29, 0.717) is 5.56 Å². The third-order valence-electron chi connectivity index (χ3n) is 2.08. The van der Waals surface area contributed by atoms with Gasteiger partial charge in [-0.05, 0) is 29.0 Å². The van der Waals surface area contributed by atoms with Gasteiger partial charge in [-0.2, -0.15) is 0 Å². The van der Waals surface area contributed by atoms with E-state index >= 15 is 0 Å². The van der Waals surface area contributed by atoms with Crippen molar-refractivity contribution in [3.63, 3.8) is 0 Å². The van der Waals surface area contributed by atoms with Crippen LogP contribution < -0.4 is 0 Å². The van der Waals surface area contributed by atoms with Gasteiger partial charge >= 0.3 is 5.97 Å². The predicted molar refractivity (Wildman–Crippen MR) is 58.6 cm³/mol. The number of benzene rings is 2. The van der Waals surface area contributed by atoms with Crippen molar-refractivity contribution in [2.75, 3.05) is 0 Å². The standard InChI is InChI=1S/C11H7BrO2/c12-10-3-1-2-7-4-5-8(11(13)14)6-9(7)10/h1-6H,(H,13,14). The number of carboxylic acid groups (broad SMARTS) is 1. The predicted octanol–water partition coefficient (Wildman–Crippen LogP) is 3.30. The van der Waals surface area contributed by atoms with Crippen molar-refractivity contribution in [3.8, 4) is 0 Å². The fraction of sp³-hybridized carbons (Fsp3) is 0. The van der Waals surface area contributed by atoms with Crippen molar-refractivity contribution in [3.05, 3.63) is 46.4 Å². The van der Waals surface area contributed by atoms with Crippen LogP contribution in [-0.4, -0.2) is 11.1 Å². The highest BCUT2D eigenvalue weighted by Gasteiger charge is 2.04. The SMILES string of the molecule is O=C(O)c1ccc2cccc(Br)c2c1. The van der Waals surface area contributed by atoms with E-state index in [1.54, 1.807) is 12.1 Å². The minimum absolute atomic E-state index is 0.310. The minimum Gasteiger partial charge on any atom is -0.478 e. The first kappa shape index (κ1) is 9.21. The second kappa shape index (κ2) is 3.42. The lowest BCUT2D eigenvalue weighted by molar-refractivity contribution is 0.0697. The summed E-state index contributed by atoms with van der Waals surface area (Å²) in [7, 11) is 0. The molecule has 0 amide bonds. The van der Waals surface area contributed by atoms with Crippen molar-refractivity contribution in [2.45, 2.75) is 0 Å². The summed E-state index contributed by atoms with van der Waals surface area (Å²) in [5.74, 6) is -0.900. The number of hydrogen-bond donors (Lipinski definition) is 1. The first-order valence-corrected chi connectivity index (χ1v) is 4.89. The van der Waals surface area contributed by atoms with Crippen molar-refractivity contribution >= 4 is 32.7 Å². The number of fused-ring (bicyclic) bond motifs is 1. The Morgan fingerprint density at radius 3 is 2.71 bits per heavy atom. The molecule has 0 aliphatic rings. The second-order valence-electron chi connectivity index (χ2n) is 2.98. The van der Waals surface area contributed by atoms with Gasteiger partial charge in [-0.25, -0.2) is 4.79 Å². The highest BCUT2D eigenvalue weighted by atomic mass is 79.9. The lowest BCUT2D eigenvalue weighted by atomic mass is 10.1. The molecular formula is C11H7BrO2. The third kappa shape index (κ3) is 1.51. The molecule has 70 valence electrons. The van der Waals surface area contributed by atoms with Gasteiger partial charge in [0.05, 0.1) is 5.56 Å². The fourth-order valence-electron chi connectivity index (χ4n) is 1.37. The molecule has 1 N–H and O–H groups in total. The van der Waals surface area contributed by atoms with Crippen LogP contribution in [-0.2, 0) is 0 Å². The molecule has 0 atom stereocenters. The van der Waals surface area contributed by atoms with Crippen LogP contribution in [0.3, 0.4) is 0 Å². The van der Waals surface area contributed by atoms with Crippen molar-refractivity contribution in [2.24, 2.45) is 0 Å². The molecule has 0 spiro atoms. The van der Waals surface area contributed by atoms with Crippen molar-refractivity contribution in [1.82, 2.24) is 0 Å². The Morgan fingerprint density at radius 2 is 2.00 bits per heavy atom. The lowest BCUT2D eigenvalue weighted by Crippen LogP contribution is -1.95. The molecule has 0 aliphatic heterocycles. The Labute approximate surface area is 89.3 Å². The van der Waals surface area contributed by atoms with Crippen LogP contribution in [0.5, 0.6) is 0 Å². The molecule has 0 aliphatic carbocycles. The Kier molecular flexibility index (Phi) is 2.25. The highest BCUT2D eigenvalue weighted by Crippen LogP contribution is 2.24. The number of aromatic carboxylic acids is 1. The molecule has 0 aromatic heterocycles. The van der Waals surface area contributed by atoms with Crippen molar-refractivity contribution in [1.29, 1.82) is 0 Å². The first-order valence-electron chi connectivity index (χ1n) is 4.10. The topological polar surface area (TPSA) is 37.3 Å². The molecule has 14 heavy (non-hydrogen) atoms. The molecule has 0 saturated carbocycles. The van der Waals surface area contributed by atoms with Gasteiger partial charge < -0.3 is 5.11 Å². The molecule has 0 fully saturated rings. The number of carboxylic acids is 1. The zero-order chi connectivity index (χ0) is 10.1. The lowest BCUT2D eigenvalue weighted by Gasteiger charge is -2.01. The molecule has 0 radical (unpaired) electrons. The Hall–Kier alpha value is -1.35. The number of halogens is 1. The van der Waals surface area contributed by atoms with Gasteiger partial charge in [-0.1, -0.05) is 34.1 Å². The van der Waals surface area contributed by atoms with Crippen LogP contribution in [0.1, 0.15) is 10.4 Å². The largest absolute Gasteiger partial charge is 0.478 e. The Morgan fingerprint density at radius 1 is 1.21 bits per heavy atom. The molecular weight excluding hydrogens is 244 g/mol. The smallest absolute Gasteiger partial charge is 0.335 e. The van der Waals surface area contributed by atoms with Gasteiger partial charge in [-0.15, -0.1) is 0 Å². The quantitative estimate of drug-likeness (QED) is 0.844. The van der Waals surface area contributed by atoms with Gasteiger partial charge in [0, 0.05) is 4.47 Å². The molecule has 0 saturated heterocycles. The normalized spacial score (nSPS) is 10.4. The Bertz CT molecular complexity index is 506. The van der Waals surface area contributed by atoms with E-state index in [2.05, 4.69) is 15.9 Å². The number of carbonyl (C=O) groups is 1. The zero-order valence-electron chi connectivity index (χ0n) is 7.20. The van der Waals surface area contributed by atoms with Gasteiger partial charge in [0.1, 0.15) is 0 Å². The summed E-state index contributed by atoms with van der Waals surface area (Å²) in [6, 6.07) is 10.9. The van der Waals surface area contributed by atoms with E-state index in [1.165, 1.54) is 0 Å². The maximum Gasteiger partial charge on any atom is 0.335 e. The van der Waals surface area contributed by atoms with Crippen LogP contribution in [0, 0.1) is 0 Å². The molecule has 2 nitrogen and oxygen atoms in total. The highest BCUT2D eigenvalue weighted by molar-refractivity contribution is 9.10. The van der Waals surface area contributed by atoms with Crippen LogP contribution in [0.15, 0.2) is 40.9 Å². The van der Waals surface area contributed by atoms with Gasteiger partial charge in [0.25, 0.3) is 0 Å². The monoisotopic (exact) mass is 250 g/mol. The summed E-state index contributed by atoms with van der Waals surface area (Å²) < 4.78 is 0.915. The molecule has 0 bridgehead atoms. The van der Waals surface area contributed by atoms with Gasteiger partial charge in [-0.3, -0.25) is 0 Å². The number of hydrogen-bond acceptors (Lipinski definition) is 1. The van der Waals surface area contributed by atoms with E-state index in [4.69, 9.17) is 5.11 Å². The summed E-state index contributed by atoms with van der Waals surface area (Å²) in [5.41, 5.74) is 0.310. The maximum atomic E-state index is 10.7. The van der Waals surface area contributed by atoms with Gasteiger partial charge in [0.2, 0.25) is 0 Å². The zero-order valence-corrected chi connectivity index (χ0v) is 8.78. The summed E-state index contributed by atoms with van der Waals surface area (Å²) in [4.78, 5) is 10.7. The van der Waals surface area contributed by atoms with E-state index < -0.39 is 5.97 Å². The Balaban J connectivity index is 2.76. The number of rotatable bonds is 1. The maximum absolute atomic E-state index is 10.7. The molecule has 2 aromatic carbocycles. The second-order valence-corrected chi connectivity index (χ2v) is 3.84. The van der Waals surface area contributed by atoms with E-state index in [1.807, 2.05) is 24.3 Å². The summed E-state index contributed by atoms with van der Waals surface area (Å²) in [5, 5.41) is 10.8. The third-order valence-corrected chi connectivity index (χ3v) is 2.77. The van der Waals surface area contributed by atoms with E-state index in [0.717, 1.165) is 15.2 Å². The molecule has 2 aromatic rings. The molecule has 0 unspecified atom stereocenters. The van der Waals surface area contributed by atoms with Crippen LogP contribution >= 0.6 is 15.9 Å². The fourth-order valence-corrected chi connectivity index (χ4v) is 1.86. The summed E-state index contributed by atoms with van der Waals surface area (Å²) in [6.45, 7) is 0. The van der Waals surface area contributed by atoms with Crippen molar-refractivity contribution < 1.29 is 9.90 Å². The molecule has 0 heterocycles. The minimum atomic E-state index is -0.900. The average Bonchev–Trinajstić information content (AvgIpc) is 2.18. The molecule has 2 rings (SSSR count).